The third-order valence-electron chi connectivity index (χ3n) is 2.87. The van der Waals surface area contributed by atoms with Crippen LogP contribution in [0.5, 0.6) is 5.75 Å². The number of halogens is 2. The monoisotopic (exact) mass is 371 g/mol. The fourth-order valence-electron chi connectivity index (χ4n) is 1.88. The predicted octanol–water partition coefficient (Wildman–Crippen LogP) is 4.36. The lowest BCUT2D eigenvalue weighted by atomic mass is 10.1. The van der Waals surface area contributed by atoms with E-state index in [2.05, 4.69) is 34.0 Å². The SMILES string of the molecule is COc1ccc(CNc2ccc(F)cc2I)cc1C. The number of rotatable bonds is 4. The van der Waals surface area contributed by atoms with Crippen LogP contribution in [0.15, 0.2) is 36.4 Å². The van der Waals surface area contributed by atoms with Gasteiger partial charge in [-0.25, -0.2) is 4.39 Å². The Balaban J connectivity index is 2.08. The van der Waals surface area contributed by atoms with Crippen LogP contribution in [0.4, 0.5) is 10.1 Å². The number of benzene rings is 2. The molecule has 2 aromatic rings. The second-order valence-corrected chi connectivity index (χ2v) is 5.44. The summed E-state index contributed by atoms with van der Waals surface area (Å²) in [6, 6.07) is 10.8. The van der Waals surface area contributed by atoms with Crippen LogP contribution in [0, 0.1) is 16.3 Å². The molecule has 0 bridgehead atoms. The number of hydrogen-bond donors (Lipinski definition) is 1. The highest BCUT2D eigenvalue weighted by molar-refractivity contribution is 14.1. The molecule has 0 saturated carbocycles. The zero-order valence-corrected chi connectivity index (χ0v) is 13.0. The van der Waals surface area contributed by atoms with Gasteiger partial charge in [-0.15, -0.1) is 0 Å². The van der Waals surface area contributed by atoms with Crippen molar-refractivity contribution in [3.63, 3.8) is 0 Å². The molecule has 0 fully saturated rings. The van der Waals surface area contributed by atoms with E-state index in [4.69, 9.17) is 4.74 Å². The summed E-state index contributed by atoms with van der Waals surface area (Å²) in [5, 5.41) is 3.31. The fourth-order valence-corrected chi connectivity index (χ4v) is 2.55. The van der Waals surface area contributed by atoms with Crippen LogP contribution in [0.2, 0.25) is 0 Å². The highest BCUT2D eigenvalue weighted by atomic mass is 127. The van der Waals surface area contributed by atoms with Crippen LogP contribution in [-0.2, 0) is 6.54 Å². The van der Waals surface area contributed by atoms with Crippen molar-refractivity contribution < 1.29 is 9.13 Å². The molecule has 0 saturated heterocycles. The number of hydrogen-bond acceptors (Lipinski definition) is 2. The van der Waals surface area contributed by atoms with Crippen molar-refractivity contribution in [2.75, 3.05) is 12.4 Å². The molecule has 0 aromatic heterocycles. The zero-order chi connectivity index (χ0) is 13.8. The minimum Gasteiger partial charge on any atom is -0.496 e. The van der Waals surface area contributed by atoms with Crippen molar-refractivity contribution in [2.24, 2.45) is 0 Å². The third-order valence-corrected chi connectivity index (χ3v) is 3.77. The first-order valence-corrected chi connectivity index (χ1v) is 7.00. The summed E-state index contributed by atoms with van der Waals surface area (Å²) >= 11 is 2.12. The Morgan fingerprint density at radius 1 is 1.21 bits per heavy atom. The maximum atomic E-state index is 13.0. The Hall–Kier alpha value is -1.30. The minimum absolute atomic E-state index is 0.213. The van der Waals surface area contributed by atoms with Gasteiger partial charge in [0.2, 0.25) is 0 Å². The Morgan fingerprint density at radius 2 is 2.00 bits per heavy atom. The number of nitrogens with one attached hydrogen (secondary N) is 1. The second kappa shape index (κ2) is 6.23. The third kappa shape index (κ3) is 3.59. The maximum absolute atomic E-state index is 13.0. The van der Waals surface area contributed by atoms with Crippen molar-refractivity contribution in [2.45, 2.75) is 13.5 Å². The lowest BCUT2D eigenvalue weighted by molar-refractivity contribution is 0.411. The van der Waals surface area contributed by atoms with Crippen LogP contribution in [0.3, 0.4) is 0 Å². The summed E-state index contributed by atoms with van der Waals surface area (Å²) in [5.41, 5.74) is 3.21. The quantitative estimate of drug-likeness (QED) is 0.807. The number of aryl methyl sites for hydroxylation is 1. The van der Waals surface area contributed by atoms with Gasteiger partial charge in [0.05, 0.1) is 7.11 Å². The van der Waals surface area contributed by atoms with Gasteiger partial charge in [-0.2, -0.15) is 0 Å². The lowest BCUT2D eigenvalue weighted by Gasteiger charge is -2.11. The number of methoxy groups -OCH3 is 1. The van der Waals surface area contributed by atoms with Crippen molar-refractivity contribution >= 4 is 28.3 Å². The van der Waals surface area contributed by atoms with Gasteiger partial charge >= 0.3 is 0 Å². The Bertz CT molecular complexity index is 586. The van der Waals surface area contributed by atoms with Gasteiger partial charge in [0.1, 0.15) is 11.6 Å². The standard InChI is InChI=1S/C15H15FINO/c1-10-7-11(3-6-15(10)19-2)9-18-14-5-4-12(16)8-13(14)17/h3-8,18H,9H2,1-2H3. The molecule has 0 amide bonds. The number of ether oxygens (including phenoxy) is 1. The van der Waals surface area contributed by atoms with E-state index in [1.54, 1.807) is 13.2 Å². The molecule has 2 rings (SSSR count). The Labute approximate surface area is 126 Å². The molecule has 0 aliphatic rings. The molecule has 1 N–H and O–H groups in total. The van der Waals surface area contributed by atoms with Crippen molar-refractivity contribution in [1.82, 2.24) is 0 Å². The minimum atomic E-state index is -0.213. The van der Waals surface area contributed by atoms with Crippen molar-refractivity contribution in [3.05, 3.63) is 56.9 Å². The summed E-state index contributed by atoms with van der Waals surface area (Å²) in [4.78, 5) is 0. The molecular formula is C15H15FINO. The van der Waals surface area contributed by atoms with Crippen LogP contribution in [0.1, 0.15) is 11.1 Å². The molecule has 4 heteroatoms. The molecular weight excluding hydrogens is 356 g/mol. The highest BCUT2D eigenvalue weighted by Crippen LogP contribution is 2.22. The van der Waals surface area contributed by atoms with E-state index in [9.17, 15) is 4.39 Å². The molecule has 0 unspecified atom stereocenters. The van der Waals surface area contributed by atoms with Crippen LogP contribution < -0.4 is 10.1 Å². The van der Waals surface area contributed by atoms with Crippen LogP contribution in [0.25, 0.3) is 0 Å². The van der Waals surface area contributed by atoms with E-state index in [1.807, 2.05) is 19.1 Å². The van der Waals surface area contributed by atoms with E-state index in [0.29, 0.717) is 6.54 Å². The molecule has 19 heavy (non-hydrogen) atoms. The van der Waals surface area contributed by atoms with Crippen molar-refractivity contribution in [3.8, 4) is 5.75 Å². The average molecular weight is 371 g/mol. The van der Waals surface area contributed by atoms with Crippen molar-refractivity contribution in [1.29, 1.82) is 0 Å². The molecule has 2 aromatic carbocycles. The molecule has 0 radical (unpaired) electrons. The summed E-state index contributed by atoms with van der Waals surface area (Å²) in [5.74, 6) is 0.676. The topological polar surface area (TPSA) is 21.3 Å². The molecule has 0 aliphatic heterocycles. The van der Waals surface area contributed by atoms with Gasteiger partial charge in [0, 0.05) is 15.8 Å². The van der Waals surface area contributed by atoms with Gasteiger partial charge < -0.3 is 10.1 Å². The smallest absolute Gasteiger partial charge is 0.124 e. The summed E-state index contributed by atoms with van der Waals surface area (Å²) in [6.45, 7) is 2.72. The van der Waals surface area contributed by atoms with Gasteiger partial charge in [0.25, 0.3) is 0 Å². The van der Waals surface area contributed by atoms with Crippen LogP contribution >= 0.6 is 22.6 Å². The normalized spacial score (nSPS) is 10.3. The summed E-state index contributed by atoms with van der Waals surface area (Å²) in [7, 11) is 1.67. The van der Waals surface area contributed by atoms with Gasteiger partial charge in [0.15, 0.2) is 0 Å². The van der Waals surface area contributed by atoms with Gasteiger partial charge in [-0.3, -0.25) is 0 Å². The first-order chi connectivity index (χ1) is 9.10. The highest BCUT2D eigenvalue weighted by Gasteiger charge is 2.03. The average Bonchev–Trinajstić information content (AvgIpc) is 2.38. The van der Waals surface area contributed by atoms with Gasteiger partial charge in [-0.05, 0) is 64.9 Å². The lowest BCUT2D eigenvalue weighted by Crippen LogP contribution is -2.02. The summed E-state index contributed by atoms with van der Waals surface area (Å²) < 4.78 is 19.1. The van der Waals surface area contributed by atoms with Crippen LogP contribution in [-0.4, -0.2) is 7.11 Å². The largest absolute Gasteiger partial charge is 0.496 e. The first-order valence-electron chi connectivity index (χ1n) is 5.92. The number of anilines is 1. The van der Waals surface area contributed by atoms with E-state index >= 15 is 0 Å². The molecule has 2 nitrogen and oxygen atoms in total. The molecule has 100 valence electrons. The Morgan fingerprint density at radius 3 is 2.63 bits per heavy atom. The first kappa shape index (κ1) is 14.1. The molecule has 0 heterocycles. The van der Waals surface area contributed by atoms with E-state index in [1.165, 1.54) is 17.7 Å². The molecule has 0 atom stereocenters. The summed E-state index contributed by atoms with van der Waals surface area (Å²) in [6.07, 6.45) is 0. The maximum Gasteiger partial charge on any atom is 0.124 e. The van der Waals surface area contributed by atoms with E-state index < -0.39 is 0 Å². The van der Waals surface area contributed by atoms with E-state index in [-0.39, 0.29) is 5.82 Å². The van der Waals surface area contributed by atoms with E-state index in [0.717, 1.165) is 20.6 Å². The molecule has 0 aliphatic carbocycles. The Kier molecular flexibility index (Phi) is 4.63. The zero-order valence-electron chi connectivity index (χ0n) is 10.8. The predicted molar refractivity (Wildman–Crippen MR) is 84.2 cm³/mol. The second-order valence-electron chi connectivity index (χ2n) is 4.28. The molecule has 0 spiro atoms. The fraction of sp³-hybridized carbons (Fsp3) is 0.200. The van der Waals surface area contributed by atoms with Gasteiger partial charge in [-0.1, -0.05) is 12.1 Å².